The van der Waals surface area contributed by atoms with E-state index in [1.165, 1.54) is 19.3 Å². The smallest absolute Gasteiger partial charge is 0.257 e. The third kappa shape index (κ3) is 4.40. The lowest BCUT2D eigenvalue weighted by Crippen LogP contribution is -2.33. The van der Waals surface area contributed by atoms with Crippen LogP contribution < -0.4 is 5.32 Å². The number of carbonyl (C=O) groups excluding carboxylic acids is 1. The van der Waals surface area contributed by atoms with Crippen LogP contribution in [0.4, 0.5) is 0 Å². The van der Waals surface area contributed by atoms with Crippen LogP contribution in [0.2, 0.25) is 10.0 Å². The summed E-state index contributed by atoms with van der Waals surface area (Å²) in [6.45, 7) is 5.65. The van der Waals surface area contributed by atoms with Crippen LogP contribution in [0.1, 0.15) is 41.8 Å². The minimum absolute atomic E-state index is 0.214. The Hall–Kier alpha value is -1.56. The first-order chi connectivity index (χ1) is 12.6. The van der Waals surface area contributed by atoms with Crippen molar-refractivity contribution in [2.24, 2.45) is 0 Å². The Labute approximate surface area is 163 Å². The molecular formula is C19H23Cl2N3O2. The fraction of sp³-hybridized carbons (Fsp3) is 0.474. The number of aromatic nitrogens is 1. The van der Waals surface area contributed by atoms with Crippen LogP contribution in [0.15, 0.2) is 22.7 Å². The van der Waals surface area contributed by atoms with Gasteiger partial charge in [-0.25, -0.2) is 0 Å². The number of halogens is 2. The standard InChI is InChI=1S/C19H23Cl2N3O2/c1-13-16(18(23-26-13)17-14(20)7-5-8-15(17)21)19(25)22-9-6-12-24-10-3-2-4-11-24/h5,7-8H,2-4,6,9-12H2,1H3,(H,22,25). The molecule has 0 aliphatic carbocycles. The van der Waals surface area contributed by atoms with Crippen molar-refractivity contribution in [1.82, 2.24) is 15.4 Å². The predicted molar refractivity (Wildman–Crippen MR) is 104 cm³/mol. The number of hydrogen-bond donors (Lipinski definition) is 1. The summed E-state index contributed by atoms with van der Waals surface area (Å²) < 4.78 is 5.25. The highest BCUT2D eigenvalue weighted by atomic mass is 35.5. The molecule has 1 fully saturated rings. The molecule has 0 spiro atoms. The second-order valence-electron chi connectivity index (χ2n) is 6.57. The lowest BCUT2D eigenvalue weighted by atomic mass is 10.1. The minimum Gasteiger partial charge on any atom is -0.360 e. The number of aryl methyl sites for hydroxylation is 1. The first kappa shape index (κ1) is 19.2. The summed E-state index contributed by atoms with van der Waals surface area (Å²) in [5.74, 6) is 0.234. The molecule has 2 heterocycles. The summed E-state index contributed by atoms with van der Waals surface area (Å²) in [6, 6.07) is 5.18. The van der Waals surface area contributed by atoms with Gasteiger partial charge in [0.25, 0.3) is 5.91 Å². The number of carbonyl (C=O) groups is 1. The van der Waals surface area contributed by atoms with E-state index in [1.54, 1.807) is 25.1 Å². The number of piperidine rings is 1. The SMILES string of the molecule is Cc1onc(-c2c(Cl)cccc2Cl)c1C(=O)NCCCN1CCCCC1. The Balaban J connectivity index is 1.65. The molecule has 0 unspecified atom stereocenters. The lowest BCUT2D eigenvalue weighted by Gasteiger charge is -2.26. The molecule has 2 aromatic rings. The van der Waals surface area contributed by atoms with Gasteiger partial charge in [-0.1, -0.05) is 40.8 Å². The molecule has 1 N–H and O–H groups in total. The van der Waals surface area contributed by atoms with Crippen molar-refractivity contribution in [3.05, 3.63) is 39.6 Å². The molecule has 140 valence electrons. The Kier molecular flexibility index (Phi) is 6.57. The third-order valence-corrected chi connectivity index (χ3v) is 5.30. The minimum atomic E-state index is -0.214. The van der Waals surface area contributed by atoms with E-state index < -0.39 is 0 Å². The zero-order valence-corrected chi connectivity index (χ0v) is 16.4. The van der Waals surface area contributed by atoms with Crippen LogP contribution in [0, 0.1) is 6.92 Å². The van der Waals surface area contributed by atoms with Crippen LogP contribution in [0.25, 0.3) is 11.3 Å². The summed E-state index contributed by atoms with van der Waals surface area (Å²) in [5, 5.41) is 7.85. The van der Waals surface area contributed by atoms with Gasteiger partial charge in [-0.3, -0.25) is 4.79 Å². The summed E-state index contributed by atoms with van der Waals surface area (Å²) in [7, 11) is 0. The van der Waals surface area contributed by atoms with Gasteiger partial charge in [0.15, 0.2) is 0 Å². The van der Waals surface area contributed by atoms with Gasteiger partial charge in [0.2, 0.25) is 0 Å². The second-order valence-corrected chi connectivity index (χ2v) is 7.39. The van der Waals surface area contributed by atoms with Crippen LogP contribution in [-0.2, 0) is 0 Å². The third-order valence-electron chi connectivity index (χ3n) is 4.67. The van der Waals surface area contributed by atoms with E-state index in [1.807, 2.05) is 0 Å². The Morgan fingerprint density at radius 1 is 1.23 bits per heavy atom. The number of amides is 1. The molecule has 1 aliphatic rings. The van der Waals surface area contributed by atoms with Crippen molar-refractivity contribution in [2.75, 3.05) is 26.2 Å². The average Bonchev–Trinajstić information content (AvgIpc) is 3.01. The Morgan fingerprint density at radius 2 is 1.92 bits per heavy atom. The zero-order valence-electron chi connectivity index (χ0n) is 14.9. The van der Waals surface area contributed by atoms with Crippen molar-refractivity contribution in [1.29, 1.82) is 0 Å². The summed E-state index contributed by atoms with van der Waals surface area (Å²) in [6.07, 6.45) is 4.79. The molecule has 0 bridgehead atoms. The molecule has 1 aliphatic heterocycles. The monoisotopic (exact) mass is 395 g/mol. The number of likely N-dealkylation sites (tertiary alicyclic amines) is 1. The maximum Gasteiger partial charge on any atom is 0.257 e. The maximum absolute atomic E-state index is 12.7. The van der Waals surface area contributed by atoms with Gasteiger partial charge in [0.05, 0.1) is 10.0 Å². The van der Waals surface area contributed by atoms with Gasteiger partial charge >= 0.3 is 0 Å². The van der Waals surface area contributed by atoms with Crippen molar-refractivity contribution >= 4 is 29.1 Å². The molecule has 0 radical (unpaired) electrons. The van der Waals surface area contributed by atoms with Gasteiger partial charge in [0, 0.05) is 12.1 Å². The molecule has 0 atom stereocenters. The van der Waals surface area contributed by atoms with Gasteiger partial charge in [-0.05, 0) is 58.0 Å². The molecule has 1 aromatic carbocycles. The normalized spacial score (nSPS) is 15.2. The first-order valence-electron chi connectivity index (χ1n) is 8.99. The van der Waals surface area contributed by atoms with Gasteiger partial charge in [-0.15, -0.1) is 0 Å². The summed E-state index contributed by atoms with van der Waals surface area (Å²) in [5.41, 5.74) is 1.29. The molecule has 1 amide bonds. The fourth-order valence-corrected chi connectivity index (χ4v) is 3.89. The molecule has 1 aromatic heterocycles. The topological polar surface area (TPSA) is 58.4 Å². The highest BCUT2D eigenvalue weighted by Gasteiger charge is 2.24. The van der Waals surface area contributed by atoms with E-state index in [4.69, 9.17) is 27.7 Å². The largest absolute Gasteiger partial charge is 0.360 e. The van der Waals surface area contributed by atoms with E-state index in [-0.39, 0.29) is 5.91 Å². The van der Waals surface area contributed by atoms with E-state index in [2.05, 4.69) is 15.4 Å². The number of rotatable bonds is 6. The van der Waals surface area contributed by atoms with E-state index in [9.17, 15) is 4.79 Å². The molecule has 0 saturated carbocycles. The Bertz CT molecular complexity index is 750. The Morgan fingerprint density at radius 3 is 2.62 bits per heavy atom. The number of hydrogen-bond acceptors (Lipinski definition) is 4. The van der Waals surface area contributed by atoms with Gasteiger partial charge in [-0.2, -0.15) is 0 Å². The van der Waals surface area contributed by atoms with E-state index in [0.29, 0.717) is 39.2 Å². The number of benzene rings is 1. The van der Waals surface area contributed by atoms with Crippen LogP contribution in [-0.4, -0.2) is 42.1 Å². The van der Waals surface area contributed by atoms with Gasteiger partial charge < -0.3 is 14.7 Å². The number of nitrogens with zero attached hydrogens (tertiary/aromatic N) is 2. The summed E-state index contributed by atoms with van der Waals surface area (Å²) in [4.78, 5) is 15.1. The highest BCUT2D eigenvalue weighted by Crippen LogP contribution is 2.36. The molecule has 1 saturated heterocycles. The van der Waals surface area contributed by atoms with Crippen molar-refractivity contribution in [2.45, 2.75) is 32.6 Å². The highest BCUT2D eigenvalue weighted by molar-refractivity contribution is 6.39. The molecular weight excluding hydrogens is 373 g/mol. The van der Waals surface area contributed by atoms with E-state index in [0.717, 1.165) is 26.1 Å². The quantitative estimate of drug-likeness (QED) is 0.728. The molecule has 3 rings (SSSR count). The lowest BCUT2D eigenvalue weighted by molar-refractivity contribution is 0.0950. The molecule has 5 nitrogen and oxygen atoms in total. The van der Waals surface area contributed by atoms with Crippen molar-refractivity contribution in [3.63, 3.8) is 0 Å². The fourth-order valence-electron chi connectivity index (χ4n) is 3.31. The molecule has 26 heavy (non-hydrogen) atoms. The van der Waals surface area contributed by atoms with Crippen LogP contribution in [0.3, 0.4) is 0 Å². The second kappa shape index (κ2) is 8.89. The van der Waals surface area contributed by atoms with Crippen molar-refractivity contribution < 1.29 is 9.32 Å². The van der Waals surface area contributed by atoms with Crippen LogP contribution in [0.5, 0.6) is 0 Å². The first-order valence-corrected chi connectivity index (χ1v) is 9.74. The maximum atomic E-state index is 12.7. The van der Waals surface area contributed by atoms with Crippen LogP contribution >= 0.6 is 23.2 Å². The van der Waals surface area contributed by atoms with Crippen molar-refractivity contribution in [3.8, 4) is 11.3 Å². The predicted octanol–water partition coefficient (Wildman–Crippen LogP) is 4.56. The van der Waals surface area contributed by atoms with E-state index >= 15 is 0 Å². The molecule has 7 heteroatoms. The van der Waals surface area contributed by atoms with Gasteiger partial charge in [0.1, 0.15) is 17.0 Å². The average molecular weight is 396 g/mol. The zero-order chi connectivity index (χ0) is 18.5. The summed E-state index contributed by atoms with van der Waals surface area (Å²) >= 11 is 12.5. The number of nitrogens with one attached hydrogen (secondary N) is 1.